The zero-order valence-electron chi connectivity index (χ0n) is 9.24. The molecule has 1 saturated carbocycles. The molecule has 1 atom stereocenters. The molecule has 2 rings (SSSR count). The Morgan fingerprint density at radius 1 is 1.60 bits per heavy atom. The molecule has 1 heterocycles. The first-order valence-corrected chi connectivity index (χ1v) is 6.45. The van der Waals surface area contributed by atoms with Crippen LogP contribution in [0.5, 0.6) is 0 Å². The van der Waals surface area contributed by atoms with Crippen molar-refractivity contribution >= 4 is 11.3 Å². The van der Waals surface area contributed by atoms with Crippen LogP contribution in [-0.4, -0.2) is 18.8 Å². The molecule has 1 fully saturated rings. The number of hydrogen-bond donors (Lipinski definition) is 1. The van der Waals surface area contributed by atoms with Gasteiger partial charge in [-0.1, -0.05) is 6.07 Å². The zero-order chi connectivity index (χ0) is 10.7. The number of hydrogen-bond acceptors (Lipinski definition) is 3. The van der Waals surface area contributed by atoms with E-state index in [1.165, 1.54) is 24.1 Å². The van der Waals surface area contributed by atoms with Crippen LogP contribution in [0.1, 0.15) is 30.6 Å². The van der Waals surface area contributed by atoms with Crippen molar-refractivity contribution in [3.63, 3.8) is 0 Å². The Morgan fingerprint density at radius 2 is 2.40 bits per heavy atom. The van der Waals surface area contributed by atoms with Crippen molar-refractivity contribution in [2.45, 2.75) is 43.7 Å². The summed E-state index contributed by atoms with van der Waals surface area (Å²) in [6, 6.07) is 4.48. The molecular weight excluding hydrogens is 206 g/mol. The first-order chi connectivity index (χ1) is 7.24. The van der Waals surface area contributed by atoms with Crippen molar-refractivity contribution in [1.82, 2.24) is 0 Å². The molecule has 0 radical (unpaired) electrons. The second kappa shape index (κ2) is 4.64. The molecule has 0 aromatic carbocycles. The van der Waals surface area contributed by atoms with Gasteiger partial charge >= 0.3 is 0 Å². The van der Waals surface area contributed by atoms with Crippen molar-refractivity contribution in [3.8, 4) is 0 Å². The summed E-state index contributed by atoms with van der Waals surface area (Å²) >= 11 is 1.79. The van der Waals surface area contributed by atoms with Gasteiger partial charge in [-0.05, 0) is 43.6 Å². The molecule has 1 aromatic rings. The molecular formula is C12H19NOS. The average molecular weight is 225 g/mol. The molecule has 0 saturated heterocycles. The van der Waals surface area contributed by atoms with E-state index in [1.54, 1.807) is 11.3 Å². The maximum atomic E-state index is 6.16. The predicted molar refractivity (Wildman–Crippen MR) is 64.2 cm³/mol. The van der Waals surface area contributed by atoms with Crippen LogP contribution in [0.2, 0.25) is 0 Å². The normalized spacial score (nSPS) is 20.9. The summed E-state index contributed by atoms with van der Waals surface area (Å²) in [5, 5.41) is 2.11. The van der Waals surface area contributed by atoms with Crippen LogP contribution in [0.3, 0.4) is 0 Å². The van der Waals surface area contributed by atoms with Crippen LogP contribution in [-0.2, 0) is 11.2 Å². The third-order valence-electron chi connectivity index (χ3n) is 3.38. The first-order valence-electron chi connectivity index (χ1n) is 5.57. The molecule has 1 aromatic heterocycles. The number of methoxy groups -OCH3 is 1. The van der Waals surface area contributed by atoms with Gasteiger partial charge in [-0.15, -0.1) is 11.3 Å². The van der Waals surface area contributed by atoms with Crippen molar-refractivity contribution in [2.24, 2.45) is 5.73 Å². The second-order valence-corrected chi connectivity index (χ2v) is 5.52. The van der Waals surface area contributed by atoms with Gasteiger partial charge in [-0.2, -0.15) is 0 Å². The summed E-state index contributed by atoms with van der Waals surface area (Å²) in [4.78, 5) is 1.38. The molecule has 1 unspecified atom stereocenters. The van der Waals surface area contributed by atoms with E-state index in [1.807, 2.05) is 7.11 Å². The topological polar surface area (TPSA) is 35.2 Å². The fourth-order valence-corrected chi connectivity index (χ4v) is 3.10. The lowest BCUT2D eigenvalue weighted by atomic mass is 9.75. The Balaban J connectivity index is 1.84. The van der Waals surface area contributed by atoms with Crippen molar-refractivity contribution < 1.29 is 4.74 Å². The van der Waals surface area contributed by atoms with E-state index in [9.17, 15) is 0 Å². The fraction of sp³-hybridized carbons (Fsp3) is 0.667. The quantitative estimate of drug-likeness (QED) is 0.836. The highest BCUT2D eigenvalue weighted by Crippen LogP contribution is 2.39. The van der Waals surface area contributed by atoms with Gasteiger partial charge in [0, 0.05) is 18.0 Å². The van der Waals surface area contributed by atoms with Crippen LogP contribution >= 0.6 is 11.3 Å². The van der Waals surface area contributed by atoms with E-state index in [2.05, 4.69) is 17.5 Å². The van der Waals surface area contributed by atoms with E-state index < -0.39 is 0 Å². The number of nitrogens with two attached hydrogens (primary N) is 1. The molecule has 0 spiro atoms. The monoisotopic (exact) mass is 225 g/mol. The second-order valence-electron chi connectivity index (χ2n) is 4.49. The van der Waals surface area contributed by atoms with E-state index in [-0.39, 0.29) is 11.6 Å². The van der Waals surface area contributed by atoms with Crippen LogP contribution in [0.25, 0.3) is 0 Å². The lowest BCUT2D eigenvalue weighted by molar-refractivity contribution is -0.0813. The van der Waals surface area contributed by atoms with Crippen molar-refractivity contribution in [3.05, 3.63) is 22.4 Å². The lowest BCUT2D eigenvalue weighted by Crippen LogP contribution is -2.44. The molecule has 84 valence electrons. The number of ether oxygens (including phenoxy) is 1. The van der Waals surface area contributed by atoms with Gasteiger partial charge in [-0.25, -0.2) is 0 Å². The van der Waals surface area contributed by atoms with Crippen LogP contribution < -0.4 is 5.73 Å². The highest BCUT2D eigenvalue weighted by molar-refractivity contribution is 7.09. The van der Waals surface area contributed by atoms with E-state index in [0.717, 1.165) is 12.8 Å². The SMILES string of the molecule is COC1(CC(N)Cc2cccs2)CCC1. The van der Waals surface area contributed by atoms with E-state index >= 15 is 0 Å². The smallest absolute Gasteiger partial charge is 0.0693 e. The highest BCUT2D eigenvalue weighted by Gasteiger charge is 2.38. The minimum Gasteiger partial charge on any atom is -0.378 e. The maximum absolute atomic E-state index is 6.16. The third-order valence-corrected chi connectivity index (χ3v) is 4.27. The van der Waals surface area contributed by atoms with Gasteiger partial charge in [-0.3, -0.25) is 0 Å². The van der Waals surface area contributed by atoms with Gasteiger partial charge in [0.1, 0.15) is 0 Å². The van der Waals surface area contributed by atoms with Gasteiger partial charge in [0.05, 0.1) is 5.60 Å². The lowest BCUT2D eigenvalue weighted by Gasteiger charge is -2.42. The summed E-state index contributed by atoms with van der Waals surface area (Å²) in [5.74, 6) is 0. The third kappa shape index (κ3) is 2.60. The molecule has 2 nitrogen and oxygen atoms in total. The molecule has 0 amide bonds. The van der Waals surface area contributed by atoms with Gasteiger partial charge in [0.2, 0.25) is 0 Å². The van der Waals surface area contributed by atoms with E-state index in [0.29, 0.717) is 0 Å². The van der Waals surface area contributed by atoms with Crippen LogP contribution in [0, 0.1) is 0 Å². The zero-order valence-corrected chi connectivity index (χ0v) is 10.1. The summed E-state index contributed by atoms with van der Waals surface area (Å²) < 4.78 is 5.59. The standard InChI is InChI=1S/C12H19NOS/c1-14-12(5-3-6-12)9-10(13)8-11-4-2-7-15-11/h2,4,7,10H,3,5-6,8-9,13H2,1H3. The molecule has 0 bridgehead atoms. The minimum atomic E-state index is 0.108. The molecule has 0 aliphatic heterocycles. The molecule has 1 aliphatic rings. The van der Waals surface area contributed by atoms with Gasteiger partial charge < -0.3 is 10.5 Å². The molecule has 1 aliphatic carbocycles. The summed E-state index contributed by atoms with van der Waals surface area (Å²) in [7, 11) is 1.82. The predicted octanol–water partition coefficient (Wildman–Crippen LogP) is 2.58. The Morgan fingerprint density at radius 3 is 2.87 bits per heavy atom. The summed E-state index contributed by atoms with van der Waals surface area (Å²) in [6.45, 7) is 0. The van der Waals surface area contributed by atoms with Crippen LogP contribution in [0.15, 0.2) is 17.5 Å². The Kier molecular flexibility index (Phi) is 3.44. The molecule has 15 heavy (non-hydrogen) atoms. The minimum absolute atomic E-state index is 0.108. The summed E-state index contributed by atoms with van der Waals surface area (Å²) in [5.41, 5.74) is 6.27. The fourth-order valence-electron chi connectivity index (χ4n) is 2.30. The highest BCUT2D eigenvalue weighted by atomic mass is 32.1. The summed E-state index contributed by atoms with van der Waals surface area (Å²) in [6.07, 6.45) is 5.65. The van der Waals surface area contributed by atoms with Gasteiger partial charge in [0.25, 0.3) is 0 Å². The molecule has 2 N–H and O–H groups in total. The Labute approximate surface area is 95.4 Å². The van der Waals surface area contributed by atoms with Crippen LogP contribution in [0.4, 0.5) is 0 Å². The Bertz CT molecular complexity index is 287. The number of thiophene rings is 1. The number of rotatable bonds is 5. The largest absolute Gasteiger partial charge is 0.378 e. The molecule has 3 heteroatoms. The first kappa shape index (κ1) is 11.1. The Hall–Kier alpha value is -0.380. The van der Waals surface area contributed by atoms with Crippen molar-refractivity contribution in [2.75, 3.05) is 7.11 Å². The van der Waals surface area contributed by atoms with E-state index in [4.69, 9.17) is 10.5 Å². The van der Waals surface area contributed by atoms with Gasteiger partial charge in [0.15, 0.2) is 0 Å². The maximum Gasteiger partial charge on any atom is 0.0693 e. The van der Waals surface area contributed by atoms with Crippen molar-refractivity contribution in [1.29, 1.82) is 0 Å². The average Bonchev–Trinajstić information content (AvgIpc) is 2.64.